The molecule has 1 aliphatic rings. The van der Waals surface area contributed by atoms with Gasteiger partial charge in [0.25, 0.3) is 0 Å². The van der Waals surface area contributed by atoms with E-state index < -0.39 is 0 Å². The second-order valence-electron chi connectivity index (χ2n) is 6.15. The van der Waals surface area contributed by atoms with Crippen molar-refractivity contribution in [1.29, 1.82) is 0 Å². The minimum atomic E-state index is 0.922. The smallest absolute Gasteiger partial charge is 0.181 e. The lowest BCUT2D eigenvalue weighted by Gasteiger charge is -2.12. The van der Waals surface area contributed by atoms with E-state index >= 15 is 0 Å². The fourth-order valence-corrected chi connectivity index (χ4v) is 6.54. The summed E-state index contributed by atoms with van der Waals surface area (Å²) in [5, 5.41) is 6.29. The molecule has 132 valence electrons. The van der Waals surface area contributed by atoms with E-state index in [1.807, 2.05) is 17.5 Å². The summed E-state index contributed by atoms with van der Waals surface area (Å²) in [6.07, 6.45) is 3.27. The Balaban J connectivity index is 1.78. The van der Waals surface area contributed by atoms with E-state index in [9.17, 15) is 0 Å². The molecule has 4 aromatic rings. The third-order valence-electron chi connectivity index (χ3n) is 4.19. The number of hydrogen-bond donors (Lipinski definition) is 0. The van der Waals surface area contributed by atoms with Crippen LogP contribution in [0.3, 0.4) is 0 Å². The molecule has 1 aliphatic heterocycles. The molecule has 26 heavy (non-hydrogen) atoms. The first-order chi connectivity index (χ1) is 12.7. The van der Waals surface area contributed by atoms with Crippen molar-refractivity contribution >= 4 is 65.9 Å². The summed E-state index contributed by atoms with van der Waals surface area (Å²) in [5.74, 6) is 3.05. The van der Waals surface area contributed by atoms with Gasteiger partial charge in [-0.1, -0.05) is 11.8 Å². The highest BCUT2D eigenvalue weighted by Gasteiger charge is 2.22. The number of allylic oxidation sites excluding steroid dienone is 1. The maximum atomic E-state index is 6.41. The number of aryl methyl sites for hydroxylation is 2. The van der Waals surface area contributed by atoms with Crippen molar-refractivity contribution in [2.24, 2.45) is 0 Å². The Morgan fingerprint density at radius 3 is 2.19 bits per heavy atom. The number of thiophene rings is 3. The summed E-state index contributed by atoms with van der Waals surface area (Å²) in [4.78, 5) is 2.53. The van der Waals surface area contributed by atoms with Gasteiger partial charge in [-0.25, -0.2) is 0 Å². The number of benzene rings is 1. The molecule has 0 aliphatic carbocycles. The van der Waals surface area contributed by atoms with Gasteiger partial charge in [-0.2, -0.15) is 0 Å². The number of ether oxygens (including phenoxy) is 2. The average Bonchev–Trinajstić information content (AvgIpc) is 3.37. The van der Waals surface area contributed by atoms with Crippen LogP contribution in [0.5, 0.6) is 16.6 Å². The molecule has 0 amide bonds. The Hall–Kier alpha value is -1.47. The molecule has 0 unspecified atom stereocenters. The molecule has 1 aromatic carbocycles. The van der Waals surface area contributed by atoms with Crippen molar-refractivity contribution < 1.29 is 9.47 Å². The van der Waals surface area contributed by atoms with E-state index in [2.05, 4.69) is 32.1 Å². The van der Waals surface area contributed by atoms with E-state index in [1.165, 1.54) is 19.2 Å². The fourth-order valence-electron chi connectivity index (χ4n) is 3.14. The highest BCUT2D eigenvalue weighted by atomic mass is 32.2. The van der Waals surface area contributed by atoms with Crippen LogP contribution in [-0.2, 0) is 0 Å². The van der Waals surface area contributed by atoms with Gasteiger partial charge in [0.2, 0.25) is 0 Å². The summed E-state index contributed by atoms with van der Waals surface area (Å²) in [5.41, 5.74) is 0. The predicted octanol–water partition coefficient (Wildman–Crippen LogP) is 7.94. The second-order valence-corrected chi connectivity index (χ2v) is 10.7. The monoisotopic (exact) mass is 416 g/mol. The number of fused-ring (bicyclic) bond motifs is 2. The van der Waals surface area contributed by atoms with Crippen LogP contribution in [0, 0.1) is 13.8 Å². The van der Waals surface area contributed by atoms with Crippen LogP contribution in [0.2, 0.25) is 0 Å². The van der Waals surface area contributed by atoms with Crippen LogP contribution in [0.15, 0.2) is 40.8 Å². The van der Waals surface area contributed by atoms with E-state index in [0.29, 0.717) is 0 Å². The van der Waals surface area contributed by atoms with Gasteiger partial charge in [0, 0.05) is 26.3 Å². The summed E-state index contributed by atoms with van der Waals surface area (Å²) in [6.45, 7) is 4.29. The van der Waals surface area contributed by atoms with Crippen molar-refractivity contribution in [2.45, 2.75) is 20.3 Å². The zero-order valence-corrected chi connectivity index (χ0v) is 17.6. The van der Waals surface area contributed by atoms with Crippen molar-refractivity contribution in [3.05, 3.63) is 50.6 Å². The Bertz CT molecular complexity index is 1070. The molecule has 0 bridgehead atoms. The molecular weight excluding hydrogens is 400 g/mol. The van der Waals surface area contributed by atoms with Crippen molar-refractivity contribution in [1.82, 2.24) is 0 Å². The summed E-state index contributed by atoms with van der Waals surface area (Å²) in [6, 6.07) is 8.49. The zero-order chi connectivity index (χ0) is 17.7. The molecule has 0 atom stereocenters. The van der Waals surface area contributed by atoms with Gasteiger partial charge in [-0.3, -0.25) is 0 Å². The minimum Gasteiger partial charge on any atom is -0.449 e. The molecule has 0 N–H and O–H groups in total. The van der Waals surface area contributed by atoms with Crippen LogP contribution >= 0.6 is 45.8 Å². The third kappa shape index (κ3) is 2.85. The molecule has 0 spiro atoms. The second kappa shape index (κ2) is 6.60. The molecule has 0 saturated heterocycles. The highest BCUT2D eigenvalue weighted by molar-refractivity contribution is 8.03. The van der Waals surface area contributed by atoms with Crippen molar-refractivity contribution in [2.75, 3.05) is 5.75 Å². The molecule has 4 heterocycles. The predicted molar refractivity (Wildman–Crippen MR) is 117 cm³/mol. The van der Waals surface area contributed by atoms with Crippen LogP contribution in [0.1, 0.15) is 16.2 Å². The molecule has 3 aromatic heterocycles. The van der Waals surface area contributed by atoms with Gasteiger partial charge < -0.3 is 9.47 Å². The molecule has 5 rings (SSSR count). The third-order valence-corrected chi connectivity index (χ3v) is 8.00. The van der Waals surface area contributed by atoms with E-state index in [4.69, 9.17) is 9.47 Å². The Morgan fingerprint density at radius 2 is 1.62 bits per heavy atom. The molecule has 0 saturated carbocycles. The normalized spacial score (nSPS) is 14.3. The molecular formula is C20H16O2S4. The zero-order valence-electron chi connectivity index (χ0n) is 14.3. The maximum Gasteiger partial charge on any atom is 0.181 e. The van der Waals surface area contributed by atoms with E-state index in [-0.39, 0.29) is 0 Å². The highest BCUT2D eigenvalue weighted by Crippen LogP contribution is 2.51. The number of thioether (sulfide) groups is 1. The first-order valence-electron chi connectivity index (χ1n) is 8.37. The van der Waals surface area contributed by atoms with Gasteiger partial charge in [-0.15, -0.1) is 34.0 Å². The first kappa shape index (κ1) is 16.7. The van der Waals surface area contributed by atoms with E-state index in [0.717, 1.165) is 44.6 Å². The topological polar surface area (TPSA) is 18.5 Å². The van der Waals surface area contributed by atoms with Gasteiger partial charge in [0.05, 0.1) is 9.40 Å². The number of hydrogen-bond acceptors (Lipinski definition) is 6. The molecule has 0 fully saturated rings. The Morgan fingerprint density at radius 1 is 0.923 bits per heavy atom. The van der Waals surface area contributed by atoms with Crippen LogP contribution in [-0.4, -0.2) is 5.75 Å². The Kier molecular flexibility index (Phi) is 4.24. The van der Waals surface area contributed by atoms with Crippen LogP contribution < -0.4 is 9.47 Å². The van der Waals surface area contributed by atoms with Gasteiger partial charge in [-0.05, 0) is 56.0 Å². The average molecular weight is 417 g/mol. The van der Waals surface area contributed by atoms with Crippen molar-refractivity contribution in [3.8, 4) is 16.6 Å². The minimum absolute atomic E-state index is 0.922. The molecule has 6 heteroatoms. The standard InChI is InChI=1S/C20H16O2S4/c1-11-9-13-17(21-15-5-3-7-23-15)20-14(10-12(2)26-20)18(19(13)25-11)22-16-6-4-8-24-16/h3,5-7,9-10H,4,8H2,1-2H3. The van der Waals surface area contributed by atoms with Gasteiger partial charge >= 0.3 is 0 Å². The summed E-state index contributed by atoms with van der Waals surface area (Å²) in [7, 11) is 0. The SMILES string of the molecule is Cc1cc2c(Oc3cccs3)c3sc(C)cc3c(OC3=CCCS3)c2s1. The van der Waals surface area contributed by atoms with Gasteiger partial charge in [0.15, 0.2) is 21.7 Å². The van der Waals surface area contributed by atoms with Crippen LogP contribution in [0.4, 0.5) is 0 Å². The first-order valence-corrected chi connectivity index (χ1v) is 11.9. The lowest BCUT2D eigenvalue weighted by molar-refractivity contribution is 0.476. The molecule has 2 nitrogen and oxygen atoms in total. The largest absolute Gasteiger partial charge is 0.449 e. The molecule has 0 radical (unpaired) electrons. The number of rotatable bonds is 4. The fraction of sp³-hybridized carbons (Fsp3) is 0.200. The quantitative estimate of drug-likeness (QED) is 0.336. The van der Waals surface area contributed by atoms with Gasteiger partial charge in [0.1, 0.15) is 0 Å². The van der Waals surface area contributed by atoms with Crippen molar-refractivity contribution in [3.63, 3.8) is 0 Å². The van der Waals surface area contributed by atoms with Crippen LogP contribution in [0.25, 0.3) is 20.2 Å². The summed E-state index contributed by atoms with van der Waals surface area (Å²) < 4.78 is 15.1. The Labute approximate surface area is 168 Å². The lowest BCUT2D eigenvalue weighted by atomic mass is 10.1. The summed E-state index contributed by atoms with van der Waals surface area (Å²) >= 11 is 6.97. The lowest BCUT2D eigenvalue weighted by Crippen LogP contribution is -1.91. The van der Waals surface area contributed by atoms with E-state index in [1.54, 1.807) is 45.8 Å². The maximum absolute atomic E-state index is 6.41.